The zero-order chi connectivity index (χ0) is 20.1. The topological polar surface area (TPSA) is 117 Å². The van der Waals surface area contributed by atoms with E-state index in [0.29, 0.717) is 36.6 Å². The number of amides is 1. The molecule has 10 nitrogen and oxygen atoms in total. The van der Waals surface area contributed by atoms with Crippen molar-refractivity contribution in [2.45, 2.75) is 33.2 Å². The highest BCUT2D eigenvalue weighted by Crippen LogP contribution is 2.07. The van der Waals surface area contributed by atoms with Crippen LogP contribution in [0, 0.1) is 5.92 Å². The van der Waals surface area contributed by atoms with Crippen molar-refractivity contribution >= 4 is 23.0 Å². The molecule has 0 aliphatic heterocycles. The van der Waals surface area contributed by atoms with E-state index in [2.05, 4.69) is 10.3 Å². The summed E-state index contributed by atoms with van der Waals surface area (Å²) in [4.78, 5) is 51.6. The highest BCUT2D eigenvalue weighted by molar-refractivity contribution is 5.80. The second-order valence-corrected chi connectivity index (χ2v) is 6.78. The first kappa shape index (κ1) is 20.4. The van der Waals surface area contributed by atoms with Gasteiger partial charge in [0.05, 0.1) is 6.33 Å². The lowest BCUT2D eigenvalue weighted by molar-refractivity contribution is -0.148. The Kier molecular flexibility index (Phi) is 6.54. The second kappa shape index (κ2) is 8.65. The lowest BCUT2D eigenvalue weighted by Crippen LogP contribution is -2.37. The zero-order valence-electron chi connectivity index (χ0n) is 16.0. The van der Waals surface area contributed by atoms with Crippen LogP contribution in [0.2, 0.25) is 0 Å². The van der Waals surface area contributed by atoms with Gasteiger partial charge in [-0.2, -0.15) is 0 Å². The molecular weight excluding hydrogens is 354 g/mol. The van der Waals surface area contributed by atoms with Crippen molar-refractivity contribution in [1.29, 1.82) is 0 Å². The number of hydrogen-bond donors (Lipinski definition) is 1. The van der Waals surface area contributed by atoms with Crippen molar-refractivity contribution < 1.29 is 14.3 Å². The molecule has 0 aliphatic carbocycles. The average molecular weight is 379 g/mol. The van der Waals surface area contributed by atoms with Crippen molar-refractivity contribution in [3.05, 3.63) is 27.2 Å². The van der Waals surface area contributed by atoms with Gasteiger partial charge in [0, 0.05) is 33.6 Å². The number of nitrogens with zero attached hydrogens (tertiary/aromatic N) is 4. The molecule has 0 atom stereocenters. The van der Waals surface area contributed by atoms with Gasteiger partial charge in [0.2, 0.25) is 0 Å². The van der Waals surface area contributed by atoms with Crippen molar-refractivity contribution in [3.8, 4) is 0 Å². The molecule has 0 aliphatic rings. The minimum absolute atomic E-state index is 0.100. The lowest BCUT2D eigenvalue weighted by atomic mass is 10.2. The molecule has 0 fully saturated rings. The fourth-order valence-electron chi connectivity index (χ4n) is 2.55. The summed E-state index contributed by atoms with van der Waals surface area (Å²) in [6.07, 6.45) is 1.98. The summed E-state index contributed by atoms with van der Waals surface area (Å²) in [5.41, 5.74) is -0.277. The van der Waals surface area contributed by atoms with E-state index < -0.39 is 17.2 Å². The molecule has 0 radical (unpaired) electrons. The number of ether oxygens (including phenoxy) is 1. The molecule has 0 saturated heterocycles. The van der Waals surface area contributed by atoms with E-state index in [0.717, 1.165) is 4.57 Å². The summed E-state index contributed by atoms with van der Waals surface area (Å²) in [7, 11) is 2.95. The molecule has 2 heterocycles. The van der Waals surface area contributed by atoms with Gasteiger partial charge >= 0.3 is 11.7 Å². The van der Waals surface area contributed by atoms with Crippen molar-refractivity contribution in [1.82, 2.24) is 24.0 Å². The molecule has 0 bridgehead atoms. The zero-order valence-corrected chi connectivity index (χ0v) is 16.0. The van der Waals surface area contributed by atoms with E-state index >= 15 is 0 Å². The number of hydrogen-bond acceptors (Lipinski definition) is 6. The molecule has 148 valence electrons. The van der Waals surface area contributed by atoms with Gasteiger partial charge < -0.3 is 14.6 Å². The Labute approximate surface area is 155 Å². The average Bonchev–Trinajstić information content (AvgIpc) is 3.05. The first-order valence-electron chi connectivity index (χ1n) is 8.75. The fraction of sp³-hybridized carbons (Fsp3) is 0.588. The van der Waals surface area contributed by atoms with Gasteiger partial charge in [-0.25, -0.2) is 9.78 Å². The molecule has 10 heteroatoms. The number of aryl methyl sites for hydroxylation is 2. The van der Waals surface area contributed by atoms with Crippen LogP contribution in [0.15, 0.2) is 15.9 Å². The molecule has 0 spiro atoms. The summed E-state index contributed by atoms with van der Waals surface area (Å²) in [6, 6.07) is 0. The van der Waals surface area contributed by atoms with E-state index in [9.17, 15) is 19.2 Å². The van der Waals surface area contributed by atoms with Gasteiger partial charge in [-0.05, 0) is 12.3 Å². The summed E-state index contributed by atoms with van der Waals surface area (Å²) in [5.74, 6) is -0.497. The van der Waals surface area contributed by atoms with Crippen LogP contribution >= 0.6 is 0 Å². The Morgan fingerprint density at radius 1 is 1.22 bits per heavy atom. The van der Waals surface area contributed by atoms with Crippen LogP contribution in [0.5, 0.6) is 0 Å². The van der Waals surface area contributed by atoms with E-state index in [1.165, 1.54) is 17.9 Å². The maximum absolute atomic E-state index is 12.3. The van der Waals surface area contributed by atoms with Crippen LogP contribution in [0.25, 0.3) is 11.2 Å². The van der Waals surface area contributed by atoms with E-state index in [1.807, 2.05) is 13.8 Å². The van der Waals surface area contributed by atoms with E-state index in [1.54, 1.807) is 11.6 Å². The van der Waals surface area contributed by atoms with Gasteiger partial charge in [-0.1, -0.05) is 13.8 Å². The Morgan fingerprint density at radius 3 is 2.59 bits per heavy atom. The highest BCUT2D eigenvalue weighted by atomic mass is 16.5. The number of imidazole rings is 1. The van der Waals surface area contributed by atoms with Gasteiger partial charge in [-0.15, -0.1) is 0 Å². The predicted octanol–water partition coefficient (Wildman–Crippen LogP) is -0.471. The summed E-state index contributed by atoms with van der Waals surface area (Å²) in [6.45, 7) is 4.52. The summed E-state index contributed by atoms with van der Waals surface area (Å²) >= 11 is 0. The molecule has 2 aromatic heterocycles. The summed E-state index contributed by atoms with van der Waals surface area (Å²) in [5, 5.41) is 2.66. The van der Waals surface area contributed by atoms with Crippen molar-refractivity contribution in [3.63, 3.8) is 0 Å². The van der Waals surface area contributed by atoms with Gasteiger partial charge in [0.1, 0.15) is 0 Å². The van der Waals surface area contributed by atoms with Crippen LogP contribution in [-0.2, 0) is 35.0 Å². The quantitative estimate of drug-likeness (QED) is 0.620. The first-order chi connectivity index (χ1) is 12.7. The van der Waals surface area contributed by atoms with Crippen LogP contribution in [-0.4, -0.2) is 43.7 Å². The molecule has 1 amide bonds. The van der Waals surface area contributed by atoms with Gasteiger partial charge in [-0.3, -0.25) is 23.5 Å². The van der Waals surface area contributed by atoms with Crippen LogP contribution in [0.3, 0.4) is 0 Å². The third-order valence-electron chi connectivity index (χ3n) is 4.07. The molecular formula is C17H25N5O5. The predicted molar refractivity (Wildman–Crippen MR) is 98.3 cm³/mol. The standard InChI is InChI=1S/C17H25N5O5/c1-11(2)8-18-12(23)9-27-13(24)6-5-7-22-10-19-15-14(22)16(25)21(4)17(26)20(15)3/h10-11H,5-9H2,1-4H3,(H,18,23). The van der Waals surface area contributed by atoms with E-state index in [-0.39, 0.29) is 18.9 Å². The van der Waals surface area contributed by atoms with Crippen molar-refractivity contribution in [2.75, 3.05) is 13.2 Å². The lowest BCUT2D eigenvalue weighted by Gasteiger charge is -2.09. The Bertz CT molecular complexity index is 953. The first-order valence-corrected chi connectivity index (χ1v) is 8.75. The molecule has 2 aromatic rings. The fourth-order valence-corrected chi connectivity index (χ4v) is 2.55. The van der Waals surface area contributed by atoms with Crippen LogP contribution < -0.4 is 16.6 Å². The van der Waals surface area contributed by atoms with Crippen LogP contribution in [0.1, 0.15) is 26.7 Å². The number of carbonyl (C=O) groups is 2. The molecule has 0 aromatic carbocycles. The minimum Gasteiger partial charge on any atom is -0.456 e. The summed E-state index contributed by atoms with van der Waals surface area (Å²) < 4.78 is 8.87. The number of fused-ring (bicyclic) bond motifs is 1. The SMILES string of the molecule is CC(C)CNC(=O)COC(=O)CCCn1cnc2c1c(=O)n(C)c(=O)n2C. The van der Waals surface area contributed by atoms with Crippen LogP contribution in [0.4, 0.5) is 0 Å². The van der Waals surface area contributed by atoms with Crippen molar-refractivity contribution in [2.24, 2.45) is 20.0 Å². The molecule has 1 N–H and O–H groups in total. The third-order valence-corrected chi connectivity index (χ3v) is 4.07. The minimum atomic E-state index is -0.487. The largest absolute Gasteiger partial charge is 0.456 e. The number of rotatable bonds is 8. The number of esters is 1. The monoisotopic (exact) mass is 379 g/mol. The Hall–Kier alpha value is -2.91. The molecule has 27 heavy (non-hydrogen) atoms. The Morgan fingerprint density at radius 2 is 1.93 bits per heavy atom. The van der Waals surface area contributed by atoms with Gasteiger partial charge in [0.15, 0.2) is 17.8 Å². The Balaban J connectivity index is 1.91. The molecule has 0 unspecified atom stereocenters. The highest BCUT2D eigenvalue weighted by Gasteiger charge is 2.14. The molecule has 2 rings (SSSR count). The van der Waals surface area contributed by atoms with E-state index in [4.69, 9.17) is 4.74 Å². The maximum Gasteiger partial charge on any atom is 0.332 e. The molecule has 0 saturated carbocycles. The normalized spacial score (nSPS) is 11.1. The third kappa shape index (κ3) is 4.83. The maximum atomic E-state index is 12.3. The number of aromatic nitrogens is 4. The van der Waals surface area contributed by atoms with Gasteiger partial charge in [0.25, 0.3) is 11.5 Å². The number of carbonyl (C=O) groups excluding carboxylic acids is 2. The second-order valence-electron chi connectivity index (χ2n) is 6.78. The smallest absolute Gasteiger partial charge is 0.332 e. The number of nitrogens with one attached hydrogen (secondary N) is 1.